The van der Waals surface area contributed by atoms with Gasteiger partial charge in [0.15, 0.2) is 0 Å². The third-order valence-electron chi connectivity index (χ3n) is 4.05. The number of hydrogen-bond acceptors (Lipinski definition) is 4. The highest BCUT2D eigenvalue weighted by Gasteiger charge is 2.40. The summed E-state index contributed by atoms with van der Waals surface area (Å²) in [6.45, 7) is 0.630. The summed E-state index contributed by atoms with van der Waals surface area (Å²) >= 11 is 0. The van der Waals surface area contributed by atoms with Crippen molar-refractivity contribution in [3.63, 3.8) is 0 Å². The highest BCUT2D eigenvalue weighted by atomic mass is 19.4. The van der Waals surface area contributed by atoms with Crippen LogP contribution in [0.3, 0.4) is 0 Å². The summed E-state index contributed by atoms with van der Waals surface area (Å²) in [6, 6.07) is 4.94. The van der Waals surface area contributed by atoms with Crippen molar-refractivity contribution in [2.24, 2.45) is 5.41 Å². The Morgan fingerprint density at radius 2 is 1.80 bits per heavy atom. The van der Waals surface area contributed by atoms with Crippen molar-refractivity contribution < 1.29 is 37.3 Å². The SMILES string of the molecule is O=C(Cc1ccc(OC(F)(F)F)cc1)NCC1(C(=O)O)CCOCC1. The van der Waals surface area contributed by atoms with Crippen LogP contribution in [0.25, 0.3) is 0 Å². The number of rotatable bonds is 6. The van der Waals surface area contributed by atoms with Gasteiger partial charge in [0.25, 0.3) is 0 Å². The molecule has 0 radical (unpaired) electrons. The molecule has 1 aromatic rings. The lowest BCUT2D eigenvalue weighted by Gasteiger charge is -2.33. The summed E-state index contributed by atoms with van der Waals surface area (Å²) in [5, 5.41) is 12.0. The van der Waals surface area contributed by atoms with Crippen LogP contribution in [0.5, 0.6) is 5.75 Å². The van der Waals surface area contributed by atoms with E-state index in [2.05, 4.69) is 10.1 Å². The Kier molecular flexibility index (Phi) is 5.89. The summed E-state index contributed by atoms with van der Waals surface area (Å²) in [5.41, 5.74) is -0.554. The maximum absolute atomic E-state index is 12.1. The van der Waals surface area contributed by atoms with Crippen LogP contribution in [-0.4, -0.2) is 43.1 Å². The lowest BCUT2D eigenvalue weighted by Crippen LogP contribution is -2.46. The second-order valence-electron chi connectivity index (χ2n) is 5.84. The third-order valence-corrected chi connectivity index (χ3v) is 4.05. The highest BCUT2D eigenvalue weighted by molar-refractivity contribution is 5.80. The van der Waals surface area contributed by atoms with E-state index in [-0.39, 0.29) is 18.7 Å². The van der Waals surface area contributed by atoms with Crippen molar-refractivity contribution in [3.8, 4) is 5.75 Å². The average Bonchev–Trinajstić information content (AvgIpc) is 2.54. The van der Waals surface area contributed by atoms with Gasteiger partial charge < -0.3 is 19.9 Å². The summed E-state index contributed by atoms with van der Waals surface area (Å²) in [5.74, 6) is -1.76. The van der Waals surface area contributed by atoms with E-state index in [4.69, 9.17) is 4.74 Å². The van der Waals surface area contributed by atoms with Gasteiger partial charge in [-0.05, 0) is 30.5 Å². The molecule has 1 aliphatic heterocycles. The molecular formula is C16H18F3NO5. The molecule has 6 nitrogen and oxygen atoms in total. The standard InChI is InChI=1S/C16H18F3NO5/c17-16(18,19)25-12-3-1-11(2-4-12)9-13(21)20-10-15(14(22)23)5-7-24-8-6-15/h1-4H,5-10H2,(H,20,21)(H,22,23). The van der Waals surface area contributed by atoms with Gasteiger partial charge in [-0.2, -0.15) is 0 Å². The van der Waals surface area contributed by atoms with Crippen molar-refractivity contribution in [1.29, 1.82) is 0 Å². The van der Waals surface area contributed by atoms with Crippen LogP contribution in [-0.2, 0) is 20.7 Å². The summed E-state index contributed by atoms with van der Waals surface area (Å²) in [4.78, 5) is 23.5. The van der Waals surface area contributed by atoms with E-state index < -0.39 is 23.7 Å². The Balaban J connectivity index is 1.88. The van der Waals surface area contributed by atoms with Crippen LogP contribution >= 0.6 is 0 Å². The van der Waals surface area contributed by atoms with Gasteiger partial charge in [0.2, 0.25) is 5.91 Å². The number of hydrogen-bond donors (Lipinski definition) is 2. The zero-order chi connectivity index (χ0) is 18.5. The summed E-state index contributed by atoms with van der Waals surface area (Å²) in [6.07, 6.45) is -4.22. The fourth-order valence-corrected chi connectivity index (χ4v) is 2.55. The number of halogens is 3. The molecular weight excluding hydrogens is 343 g/mol. The maximum atomic E-state index is 12.1. The first kappa shape index (κ1) is 19.0. The van der Waals surface area contributed by atoms with Crippen LogP contribution in [0.15, 0.2) is 24.3 Å². The Labute approximate surface area is 141 Å². The minimum Gasteiger partial charge on any atom is -0.481 e. The molecule has 0 bridgehead atoms. The largest absolute Gasteiger partial charge is 0.573 e. The zero-order valence-electron chi connectivity index (χ0n) is 13.3. The zero-order valence-corrected chi connectivity index (χ0v) is 13.3. The monoisotopic (exact) mass is 361 g/mol. The van der Waals surface area contributed by atoms with E-state index in [0.29, 0.717) is 31.6 Å². The van der Waals surface area contributed by atoms with E-state index in [0.717, 1.165) is 12.1 Å². The molecule has 1 aromatic carbocycles. The average molecular weight is 361 g/mol. The molecule has 1 heterocycles. The number of carbonyl (C=O) groups is 2. The number of carbonyl (C=O) groups excluding carboxylic acids is 1. The molecule has 2 N–H and O–H groups in total. The molecule has 0 unspecified atom stereocenters. The van der Waals surface area contributed by atoms with Crippen molar-refractivity contribution >= 4 is 11.9 Å². The first-order chi connectivity index (χ1) is 11.7. The molecule has 138 valence electrons. The Morgan fingerprint density at radius 3 is 2.32 bits per heavy atom. The molecule has 2 rings (SSSR count). The normalized spacial score (nSPS) is 16.9. The second-order valence-corrected chi connectivity index (χ2v) is 5.84. The van der Waals surface area contributed by atoms with Crippen molar-refractivity contribution in [3.05, 3.63) is 29.8 Å². The van der Waals surface area contributed by atoms with Gasteiger partial charge in [0.1, 0.15) is 5.75 Å². The number of alkyl halides is 3. The van der Waals surface area contributed by atoms with Crippen molar-refractivity contribution in [2.45, 2.75) is 25.6 Å². The molecule has 25 heavy (non-hydrogen) atoms. The smallest absolute Gasteiger partial charge is 0.481 e. The fourth-order valence-electron chi connectivity index (χ4n) is 2.55. The molecule has 0 spiro atoms. The first-order valence-electron chi connectivity index (χ1n) is 7.63. The minimum absolute atomic E-state index is 0.0141. The Hall–Kier alpha value is -2.29. The Morgan fingerprint density at radius 1 is 1.20 bits per heavy atom. The topological polar surface area (TPSA) is 84.9 Å². The summed E-state index contributed by atoms with van der Waals surface area (Å²) in [7, 11) is 0. The van der Waals surface area contributed by atoms with Gasteiger partial charge >= 0.3 is 12.3 Å². The van der Waals surface area contributed by atoms with Crippen LogP contribution < -0.4 is 10.1 Å². The van der Waals surface area contributed by atoms with Gasteiger partial charge in [0, 0.05) is 19.8 Å². The predicted molar refractivity (Wildman–Crippen MR) is 80.0 cm³/mol. The molecule has 0 aromatic heterocycles. The fraction of sp³-hybridized carbons (Fsp3) is 0.500. The number of carboxylic acids is 1. The van der Waals surface area contributed by atoms with Gasteiger partial charge in [-0.15, -0.1) is 13.2 Å². The third kappa shape index (κ3) is 5.63. The van der Waals surface area contributed by atoms with E-state index in [1.54, 1.807) is 0 Å². The predicted octanol–water partition coefficient (Wildman–Crippen LogP) is 2.13. The van der Waals surface area contributed by atoms with Crippen LogP contribution in [0.4, 0.5) is 13.2 Å². The Bertz CT molecular complexity index is 609. The molecule has 1 amide bonds. The van der Waals surface area contributed by atoms with Gasteiger partial charge in [-0.25, -0.2) is 0 Å². The number of nitrogens with one attached hydrogen (secondary N) is 1. The highest BCUT2D eigenvalue weighted by Crippen LogP contribution is 2.30. The number of benzene rings is 1. The van der Waals surface area contributed by atoms with E-state index >= 15 is 0 Å². The number of amides is 1. The van der Waals surface area contributed by atoms with E-state index in [9.17, 15) is 27.9 Å². The van der Waals surface area contributed by atoms with Crippen molar-refractivity contribution in [1.82, 2.24) is 5.32 Å². The lowest BCUT2D eigenvalue weighted by atomic mass is 9.80. The molecule has 1 aliphatic rings. The minimum atomic E-state index is -4.77. The molecule has 0 saturated carbocycles. The number of aliphatic carboxylic acids is 1. The van der Waals surface area contributed by atoms with Crippen LogP contribution in [0, 0.1) is 5.41 Å². The quantitative estimate of drug-likeness (QED) is 0.811. The van der Waals surface area contributed by atoms with Gasteiger partial charge in [-0.3, -0.25) is 9.59 Å². The van der Waals surface area contributed by atoms with Crippen LogP contribution in [0.2, 0.25) is 0 Å². The summed E-state index contributed by atoms with van der Waals surface area (Å²) < 4.78 is 45.2. The number of carboxylic acid groups (broad SMARTS) is 1. The van der Waals surface area contributed by atoms with E-state index in [1.807, 2.05) is 0 Å². The molecule has 0 atom stereocenters. The lowest BCUT2D eigenvalue weighted by molar-refractivity contribution is -0.274. The maximum Gasteiger partial charge on any atom is 0.573 e. The van der Waals surface area contributed by atoms with Gasteiger partial charge in [0.05, 0.1) is 11.8 Å². The molecule has 9 heteroatoms. The molecule has 1 saturated heterocycles. The number of ether oxygens (including phenoxy) is 2. The van der Waals surface area contributed by atoms with E-state index in [1.165, 1.54) is 12.1 Å². The van der Waals surface area contributed by atoms with Crippen molar-refractivity contribution in [2.75, 3.05) is 19.8 Å². The van der Waals surface area contributed by atoms with Gasteiger partial charge in [-0.1, -0.05) is 12.1 Å². The molecule has 0 aliphatic carbocycles. The second kappa shape index (κ2) is 7.73. The molecule has 1 fully saturated rings. The first-order valence-corrected chi connectivity index (χ1v) is 7.63. The van der Waals surface area contributed by atoms with Crippen LogP contribution in [0.1, 0.15) is 18.4 Å².